The van der Waals surface area contributed by atoms with Gasteiger partial charge < -0.3 is 0 Å². The zero-order chi connectivity index (χ0) is 10.9. The Balaban J connectivity index is 3.41. The van der Waals surface area contributed by atoms with E-state index in [1.54, 1.807) is 22.6 Å². The molecule has 1 nitrogen and oxygen atoms in total. The van der Waals surface area contributed by atoms with Crippen LogP contribution >= 0.6 is 38.5 Å². The molecule has 0 bridgehead atoms. The van der Waals surface area contributed by atoms with Gasteiger partial charge in [0.05, 0.1) is 0 Å². The van der Waals surface area contributed by atoms with Gasteiger partial charge >= 0.3 is 0 Å². The minimum Gasteiger partial charge on any atom is -0.294 e. The monoisotopic (exact) mass is 374 g/mol. The van der Waals surface area contributed by atoms with Gasteiger partial charge in [-0.3, -0.25) is 4.79 Å². The Hall–Kier alpha value is -0.0400. The molecule has 0 atom stereocenters. The van der Waals surface area contributed by atoms with Crippen LogP contribution in [0.15, 0.2) is 16.6 Å². The summed E-state index contributed by atoms with van der Waals surface area (Å²) in [6, 6.07) is 2.79. The fourth-order valence-corrected chi connectivity index (χ4v) is 3.13. The second-order valence-electron chi connectivity index (χ2n) is 2.68. The van der Waals surface area contributed by atoms with Crippen LogP contribution in [0.3, 0.4) is 0 Å². The number of hydrogen-bond donors (Lipinski definition) is 0. The molecular formula is C9H6BrF2IO. The van der Waals surface area contributed by atoms with E-state index in [0.29, 0.717) is 13.6 Å². The lowest BCUT2D eigenvalue weighted by Crippen LogP contribution is -2.02. The first-order valence-corrected chi connectivity index (χ1v) is 5.59. The lowest BCUT2D eigenvalue weighted by atomic mass is 10.1. The van der Waals surface area contributed by atoms with Crippen LogP contribution in [0.25, 0.3) is 0 Å². The van der Waals surface area contributed by atoms with E-state index in [-0.39, 0.29) is 11.3 Å². The summed E-state index contributed by atoms with van der Waals surface area (Å²) < 4.78 is 25.8. The number of carbonyl (C=O) groups excluding carboxylic acids is 1. The van der Waals surface area contributed by atoms with Crippen LogP contribution in [0.4, 0.5) is 8.78 Å². The highest BCUT2D eigenvalue weighted by Crippen LogP contribution is 2.31. The minimum atomic E-state index is -2.55. The molecule has 0 heterocycles. The summed E-state index contributed by atoms with van der Waals surface area (Å²) in [6.07, 6.45) is -2.55. The number of carbonyl (C=O) groups is 1. The van der Waals surface area contributed by atoms with Crippen LogP contribution in [-0.4, -0.2) is 5.78 Å². The first-order chi connectivity index (χ1) is 6.45. The summed E-state index contributed by atoms with van der Waals surface area (Å²) in [4.78, 5) is 11.2. The summed E-state index contributed by atoms with van der Waals surface area (Å²) in [5, 5.41) is 0. The highest BCUT2D eigenvalue weighted by atomic mass is 127. The molecule has 5 heteroatoms. The Kier molecular flexibility index (Phi) is 4.00. The van der Waals surface area contributed by atoms with Crippen molar-refractivity contribution in [1.29, 1.82) is 0 Å². The average molecular weight is 375 g/mol. The maximum atomic E-state index is 12.5. The molecule has 1 aromatic carbocycles. The Bertz CT molecular complexity index is 379. The third-order valence-electron chi connectivity index (χ3n) is 1.71. The summed E-state index contributed by atoms with van der Waals surface area (Å²) in [6.45, 7) is 1.36. The van der Waals surface area contributed by atoms with Gasteiger partial charge in [0.2, 0.25) is 0 Å². The van der Waals surface area contributed by atoms with Crippen LogP contribution < -0.4 is 0 Å². The van der Waals surface area contributed by atoms with E-state index >= 15 is 0 Å². The largest absolute Gasteiger partial charge is 0.294 e. The fraction of sp³-hybridized carbons (Fsp3) is 0.222. The molecule has 0 fully saturated rings. The molecule has 76 valence electrons. The molecule has 0 N–H and O–H groups in total. The lowest BCUT2D eigenvalue weighted by Gasteiger charge is -2.08. The highest BCUT2D eigenvalue weighted by molar-refractivity contribution is 14.1. The number of hydrogen-bond acceptors (Lipinski definition) is 1. The maximum Gasteiger partial charge on any atom is 0.264 e. The Morgan fingerprint density at radius 3 is 2.50 bits per heavy atom. The van der Waals surface area contributed by atoms with Crippen LogP contribution in [-0.2, 0) is 0 Å². The van der Waals surface area contributed by atoms with Gasteiger partial charge in [-0.25, -0.2) is 8.78 Å². The van der Waals surface area contributed by atoms with Gasteiger partial charge in [0, 0.05) is 19.2 Å². The molecule has 0 amide bonds. The average Bonchev–Trinajstić information content (AvgIpc) is 2.02. The molecule has 0 aliphatic heterocycles. The molecule has 0 spiro atoms. The molecule has 0 unspecified atom stereocenters. The zero-order valence-electron chi connectivity index (χ0n) is 7.15. The quantitative estimate of drug-likeness (QED) is 0.560. The minimum absolute atomic E-state index is 0.0981. The van der Waals surface area contributed by atoms with Gasteiger partial charge in [-0.2, -0.15) is 0 Å². The third-order valence-corrected chi connectivity index (χ3v) is 3.53. The normalized spacial score (nSPS) is 10.7. The Labute approximate surface area is 102 Å². The van der Waals surface area contributed by atoms with Crippen molar-refractivity contribution in [2.24, 2.45) is 0 Å². The van der Waals surface area contributed by atoms with Gasteiger partial charge in [0.1, 0.15) is 0 Å². The van der Waals surface area contributed by atoms with E-state index in [1.165, 1.54) is 19.1 Å². The van der Waals surface area contributed by atoms with Crippen molar-refractivity contribution in [3.8, 4) is 0 Å². The van der Waals surface area contributed by atoms with Crippen LogP contribution in [0, 0.1) is 3.57 Å². The van der Waals surface area contributed by atoms with Gasteiger partial charge in [0.15, 0.2) is 5.78 Å². The fourth-order valence-electron chi connectivity index (χ4n) is 1.06. The topological polar surface area (TPSA) is 17.1 Å². The molecule has 0 saturated heterocycles. The number of alkyl halides is 2. The van der Waals surface area contributed by atoms with Crippen molar-refractivity contribution < 1.29 is 13.6 Å². The molecule has 14 heavy (non-hydrogen) atoms. The number of benzene rings is 1. The van der Waals surface area contributed by atoms with E-state index in [9.17, 15) is 13.6 Å². The number of rotatable bonds is 2. The van der Waals surface area contributed by atoms with Crippen LogP contribution in [0.2, 0.25) is 0 Å². The van der Waals surface area contributed by atoms with E-state index < -0.39 is 6.43 Å². The summed E-state index contributed by atoms with van der Waals surface area (Å²) in [5.74, 6) is -0.219. The van der Waals surface area contributed by atoms with Crippen molar-refractivity contribution >= 4 is 44.3 Å². The van der Waals surface area contributed by atoms with E-state index in [0.717, 1.165) is 0 Å². The zero-order valence-corrected chi connectivity index (χ0v) is 10.9. The lowest BCUT2D eigenvalue weighted by molar-refractivity contribution is 0.101. The Morgan fingerprint density at radius 2 is 2.07 bits per heavy atom. The number of Topliss-reactive ketones (excluding diaryl/α,β-unsaturated/α-hetero) is 1. The molecule has 0 aliphatic rings. The molecule has 0 saturated carbocycles. The van der Waals surface area contributed by atoms with Gasteiger partial charge in [-0.05, 0) is 35.6 Å². The molecule has 1 rings (SSSR count). The predicted octanol–water partition coefficient (Wildman–Crippen LogP) is 4.19. The summed E-state index contributed by atoms with van der Waals surface area (Å²) in [5.41, 5.74) is 0.224. The standard InChI is InChI=1S/C9H6BrF2IO/c1-4(14)7-6(10)3-2-5(8(7)13)9(11)12/h2-3,9H,1H3. The molecular weight excluding hydrogens is 369 g/mol. The van der Waals surface area contributed by atoms with E-state index in [2.05, 4.69) is 15.9 Å². The molecule has 0 aliphatic carbocycles. The number of ketones is 1. The molecule has 0 radical (unpaired) electrons. The first kappa shape index (κ1) is 12.0. The second-order valence-corrected chi connectivity index (χ2v) is 4.62. The predicted molar refractivity (Wildman–Crippen MR) is 61.8 cm³/mol. The van der Waals surface area contributed by atoms with Crippen LogP contribution in [0.1, 0.15) is 29.3 Å². The van der Waals surface area contributed by atoms with Gasteiger partial charge in [-0.1, -0.05) is 22.0 Å². The van der Waals surface area contributed by atoms with Crippen LogP contribution in [0.5, 0.6) is 0 Å². The van der Waals surface area contributed by atoms with Gasteiger partial charge in [-0.15, -0.1) is 0 Å². The first-order valence-electron chi connectivity index (χ1n) is 3.72. The van der Waals surface area contributed by atoms with Crippen molar-refractivity contribution in [1.82, 2.24) is 0 Å². The van der Waals surface area contributed by atoms with Crippen molar-refractivity contribution in [2.45, 2.75) is 13.3 Å². The maximum absolute atomic E-state index is 12.5. The summed E-state index contributed by atoms with van der Waals surface area (Å²) in [7, 11) is 0. The molecule has 1 aromatic rings. The highest BCUT2D eigenvalue weighted by Gasteiger charge is 2.18. The molecule has 0 aromatic heterocycles. The van der Waals surface area contributed by atoms with E-state index in [1.807, 2.05) is 0 Å². The van der Waals surface area contributed by atoms with Crippen molar-refractivity contribution in [2.75, 3.05) is 0 Å². The SMILES string of the molecule is CC(=O)c1c(Br)ccc(C(F)F)c1I. The van der Waals surface area contributed by atoms with Gasteiger partial charge in [0.25, 0.3) is 6.43 Å². The van der Waals surface area contributed by atoms with E-state index in [4.69, 9.17) is 0 Å². The smallest absolute Gasteiger partial charge is 0.264 e. The second kappa shape index (κ2) is 4.65. The summed E-state index contributed by atoms with van der Waals surface area (Å²) >= 11 is 4.93. The third kappa shape index (κ3) is 2.31. The van der Waals surface area contributed by atoms with Crippen molar-refractivity contribution in [3.05, 3.63) is 31.3 Å². The number of halogens is 4. The van der Waals surface area contributed by atoms with Crippen molar-refractivity contribution in [3.63, 3.8) is 0 Å². The Morgan fingerprint density at radius 1 is 1.50 bits per heavy atom.